The van der Waals surface area contributed by atoms with Crippen LogP contribution in [0.25, 0.3) is 0 Å². The summed E-state index contributed by atoms with van der Waals surface area (Å²) in [4.78, 5) is 12.0. The van der Waals surface area contributed by atoms with Gasteiger partial charge in [0, 0.05) is 17.1 Å². The Morgan fingerprint density at radius 1 is 1.47 bits per heavy atom. The smallest absolute Gasteiger partial charge is 0.338 e. The maximum absolute atomic E-state index is 11.1. The molecule has 0 atom stereocenters. The van der Waals surface area contributed by atoms with Crippen LogP contribution < -0.4 is 5.32 Å². The van der Waals surface area contributed by atoms with E-state index in [1.807, 2.05) is 26.0 Å². The summed E-state index contributed by atoms with van der Waals surface area (Å²) in [5.74, 6) is -0.00179. The van der Waals surface area contributed by atoms with Crippen LogP contribution in [-0.4, -0.2) is 23.4 Å². The Bertz CT molecular complexity index is 328. The second-order valence-corrected chi connectivity index (χ2v) is 4.25. The summed E-state index contributed by atoms with van der Waals surface area (Å²) in [6.45, 7) is 4.68. The fraction of sp³-hybridized carbons (Fsp3) is 0.364. The zero-order valence-electron chi connectivity index (χ0n) is 8.91. The number of hydrogen-bond donors (Lipinski definition) is 2. The van der Waals surface area contributed by atoms with Crippen molar-refractivity contribution in [2.45, 2.75) is 18.7 Å². The first-order chi connectivity index (χ1) is 7.20. The average molecular weight is 225 g/mol. The van der Waals surface area contributed by atoms with Crippen molar-refractivity contribution in [1.29, 1.82) is 0 Å². The first kappa shape index (κ1) is 11.9. The van der Waals surface area contributed by atoms with Crippen LogP contribution in [0, 0.1) is 0 Å². The summed E-state index contributed by atoms with van der Waals surface area (Å²) in [5.41, 5.74) is 1.08. The molecular weight excluding hydrogens is 210 g/mol. The first-order valence-corrected chi connectivity index (χ1v) is 5.92. The van der Waals surface area contributed by atoms with Gasteiger partial charge >= 0.3 is 5.97 Å². The Kier molecular flexibility index (Phi) is 4.49. The second kappa shape index (κ2) is 5.66. The van der Waals surface area contributed by atoms with Crippen molar-refractivity contribution < 1.29 is 9.90 Å². The Labute approximate surface area is 93.9 Å². The van der Waals surface area contributed by atoms with Crippen LogP contribution in [0.3, 0.4) is 0 Å². The van der Waals surface area contributed by atoms with Crippen molar-refractivity contribution in [3.05, 3.63) is 23.8 Å². The fourth-order valence-corrected chi connectivity index (χ4v) is 2.19. The zero-order valence-corrected chi connectivity index (χ0v) is 9.73. The van der Waals surface area contributed by atoms with Gasteiger partial charge in [0.05, 0.1) is 5.56 Å². The highest BCUT2D eigenvalue weighted by Crippen LogP contribution is 2.28. The van der Waals surface area contributed by atoms with Crippen LogP contribution in [0.2, 0.25) is 0 Å². The normalized spacial score (nSPS) is 10.0. The lowest BCUT2D eigenvalue weighted by atomic mass is 10.2. The Morgan fingerprint density at radius 2 is 2.20 bits per heavy atom. The summed E-state index contributed by atoms with van der Waals surface area (Å²) < 4.78 is 0. The molecule has 0 aliphatic rings. The number of hydrogen-bond acceptors (Lipinski definition) is 3. The van der Waals surface area contributed by atoms with E-state index in [2.05, 4.69) is 5.32 Å². The molecule has 0 amide bonds. The molecule has 0 spiro atoms. The molecule has 0 bridgehead atoms. The first-order valence-electron chi connectivity index (χ1n) is 4.93. The molecule has 15 heavy (non-hydrogen) atoms. The van der Waals surface area contributed by atoms with Gasteiger partial charge in [-0.15, -0.1) is 11.8 Å². The molecule has 0 unspecified atom stereocenters. The van der Waals surface area contributed by atoms with Crippen molar-refractivity contribution in [3.8, 4) is 0 Å². The van der Waals surface area contributed by atoms with E-state index in [1.54, 1.807) is 17.8 Å². The fourth-order valence-electron chi connectivity index (χ4n) is 1.37. The predicted molar refractivity (Wildman–Crippen MR) is 64.0 cm³/mol. The van der Waals surface area contributed by atoms with Gasteiger partial charge in [-0.2, -0.15) is 0 Å². The largest absolute Gasteiger partial charge is 0.478 e. The molecule has 1 aromatic carbocycles. The van der Waals surface area contributed by atoms with Gasteiger partial charge in [-0.1, -0.05) is 13.0 Å². The monoisotopic (exact) mass is 225 g/mol. The van der Waals surface area contributed by atoms with Crippen LogP contribution in [0.4, 0.5) is 5.69 Å². The maximum Gasteiger partial charge on any atom is 0.338 e. The summed E-state index contributed by atoms with van der Waals surface area (Å²) in [6, 6.07) is 5.52. The highest BCUT2D eigenvalue weighted by Gasteiger charge is 2.14. The topological polar surface area (TPSA) is 49.3 Å². The molecule has 4 heteroatoms. The van der Waals surface area contributed by atoms with Crippen LogP contribution in [0.15, 0.2) is 23.1 Å². The minimum atomic E-state index is -0.873. The highest BCUT2D eigenvalue weighted by molar-refractivity contribution is 7.99. The second-order valence-electron chi connectivity index (χ2n) is 2.95. The van der Waals surface area contributed by atoms with Gasteiger partial charge < -0.3 is 10.4 Å². The number of nitrogens with one attached hydrogen (secondary N) is 1. The number of rotatable bonds is 5. The van der Waals surface area contributed by atoms with Crippen molar-refractivity contribution in [2.75, 3.05) is 17.6 Å². The Balaban J connectivity index is 3.15. The molecule has 2 N–H and O–H groups in total. The van der Waals surface area contributed by atoms with Crippen LogP contribution in [0.5, 0.6) is 0 Å². The van der Waals surface area contributed by atoms with E-state index in [0.29, 0.717) is 11.3 Å². The maximum atomic E-state index is 11.1. The van der Waals surface area contributed by atoms with Gasteiger partial charge in [0.15, 0.2) is 0 Å². The zero-order chi connectivity index (χ0) is 11.3. The number of aromatic carboxylic acids is 1. The standard InChI is InChI=1S/C11H15NO2S/c1-3-12-8-6-5-7-9(15-4-2)10(8)11(13)14/h5-7,12H,3-4H2,1-2H3,(H,13,14). The number of carbonyl (C=O) groups is 1. The van der Waals surface area contributed by atoms with E-state index < -0.39 is 5.97 Å². The number of anilines is 1. The van der Waals surface area contributed by atoms with Gasteiger partial charge in [-0.05, 0) is 24.8 Å². The van der Waals surface area contributed by atoms with Gasteiger partial charge in [0.1, 0.15) is 0 Å². The molecule has 3 nitrogen and oxygen atoms in total. The third kappa shape index (κ3) is 2.89. The van der Waals surface area contributed by atoms with E-state index in [-0.39, 0.29) is 0 Å². The lowest BCUT2D eigenvalue weighted by molar-refractivity contribution is 0.0694. The molecule has 0 saturated heterocycles. The highest BCUT2D eigenvalue weighted by atomic mass is 32.2. The summed E-state index contributed by atoms with van der Waals surface area (Å²) in [5, 5.41) is 12.2. The average Bonchev–Trinajstić information content (AvgIpc) is 2.18. The van der Waals surface area contributed by atoms with Gasteiger partial charge in [0.2, 0.25) is 0 Å². The van der Waals surface area contributed by atoms with Crippen molar-refractivity contribution in [2.24, 2.45) is 0 Å². The lowest BCUT2D eigenvalue weighted by Crippen LogP contribution is -2.07. The number of benzene rings is 1. The molecule has 1 rings (SSSR count). The SMILES string of the molecule is CCNc1cccc(SCC)c1C(=O)O. The van der Waals surface area contributed by atoms with Crippen LogP contribution >= 0.6 is 11.8 Å². The van der Waals surface area contributed by atoms with Gasteiger partial charge in [-0.3, -0.25) is 0 Å². The Hall–Kier alpha value is -1.16. The van der Waals surface area contributed by atoms with Crippen molar-refractivity contribution in [1.82, 2.24) is 0 Å². The number of carboxylic acid groups (broad SMARTS) is 1. The molecule has 0 radical (unpaired) electrons. The summed E-state index contributed by atoms with van der Waals surface area (Å²) >= 11 is 1.55. The number of thioether (sulfide) groups is 1. The Morgan fingerprint density at radius 3 is 2.73 bits per heavy atom. The van der Waals surface area contributed by atoms with E-state index in [1.165, 1.54) is 0 Å². The molecule has 0 aliphatic heterocycles. The molecule has 0 saturated carbocycles. The molecular formula is C11H15NO2S. The third-order valence-corrected chi connectivity index (χ3v) is 2.85. The quantitative estimate of drug-likeness (QED) is 0.756. The molecule has 0 aliphatic carbocycles. The van der Waals surface area contributed by atoms with Crippen molar-refractivity contribution >= 4 is 23.4 Å². The summed E-state index contributed by atoms with van der Waals surface area (Å²) in [6.07, 6.45) is 0. The molecule has 0 heterocycles. The van der Waals surface area contributed by atoms with Crippen molar-refractivity contribution in [3.63, 3.8) is 0 Å². The van der Waals surface area contributed by atoms with Crippen LogP contribution in [0.1, 0.15) is 24.2 Å². The van der Waals surface area contributed by atoms with E-state index in [9.17, 15) is 4.79 Å². The van der Waals surface area contributed by atoms with E-state index >= 15 is 0 Å². The molecule has 1 aromatic rings. The minimum absolute atomic E-state index is 0.381. The van der Waals surface area contributed by atoms with E-state index in [0.717, 1.165) is 17.2 Å². The third-order valence-electron chi connectivity index (χ3n) is 1.91. The molecule has 82 valence electrons. The molecule has 0 fully saturated rings. The predicted octanol–water partition coefficient (Wildman–Crippen LogP) is 2.93. The summed E-state index contributed by atoms with van der Waals surface area (Å²) in [7, 11) is 0. The molecule has 0 aromatic heterocycles. The van der Waals surface area contributed by atoms with Crippen LogP contribution in [-0.2, 0) is 0 Å². The minimum Gasteiger partial charge on any atom is -0.478 e. The van der Waals surface area contributed by atoms with E-state index in [4.69, 9.17) is 5.11 Å². The van der Waals surface area contributed by atoms with Gasteiger partial charge in [0.25, 0.3) is 0 Å². The lowest BCUT2D eigenvalue weighted by Gasteiger charge is -2.11. The number of carboxylic acids is 1. The van der Waals surface area contributed by atoms with Gasteiger partial charge in [-0.25, -0.2) is 4.79 Å².